The van der Waals surface area contributed by atoms with Crippen molar-refractivity contribution < 1.29 is 5.11 Å². The Morgan fingerprint density at radius 2 is 1.71 bits per heavy atom. The molecule has 1 heteroatoms. The summed E-state index contributed by atoms with van der Waals surface area (Å²) in [6.07, 6.45) is 5.47. The first-order valence-corrected chi connectivity index (χ1v) is 6.08. The Kier molecular flexibility index (Phi) is 6.43. The summed E-state index contributed by atoms with van der Waals surface area (Å²) in [5.74, 6) is 0.642. The zero-order chi connectivity index (χ0) is 11.2. The maximum atomic E-state index is 9.86. The fraction of sp³-hybridized carbons (Fsp3) is 1.00. The van der Waals surface area contributed by atoms with Crippen LogP contribution in [0.3, 0.4) is 0 Å². The summed E-state index contributed by atoms with van der Waals surface area (Å²) in [4.78, 5) is 0. The van der Waals surface area contributed by atoms with Gasteiger partial charge in [0.2, 0.25) is 0 Å². The zero-order valence-corrected chi connectivity index (χ0v) is 10.6. The highest BCUT2D eigenvalue weighted by Crippen LogP contribution is 2.32. The Bertz CT molecular complexity index is 138. The van der Waals surface area contributed by atoms with Crippen molar-refractivity contribution in [3.8, 4) is 0 Å². The average Bonchev–Trinajstić information content (AvgIpc) is 2.03. The van der Waals surface area contributed by atoms with Crippen molar-refractivity contribution in [3.63, 3.8) is 0 Å². The minimum Gasteiger partial charge on any atom is -0.393 e. The molecule has 0 amide bonds. The van der Waals surface area contributed by atoms with E-state index in [1.54, 1.807) is 0 Å². The van der Waals surface area contributed by atoms with Crippen molar-refractivity contribution >= 4 is 0 Å². The second-order valence-corrected chi connectivity index (χ2v) is 5.50. The van der Waals surface area contributed by atoms with Crippen molar-refractivity contribution in [2.75, 3.05) is 0 Å². The molecular weight excluding hydrogens is 172 g/mol. The van der Waals surface area contributed by atoms with E-state index in [2.05, 4.69) is 34.6 Å². The summed E-state index contributed by atoms with van der Waals surface area (Å²) in [7, 11) is 0. The van der Waals surface area contributed by atoms with Crippen LogP contribution in [0, 0.1) is 11.3 Å². The lowest BCUT2D eigenvalue weighted by Crippen LogP contribution is -2.25. The quantitative estimate of drug-likeness (QED) is 0.616. The molecule has 0 aliphatic heterocycles. The number of hydrogen-bond donors (Lipinski definition) is 1. The summed E-state index contributed by atoms with van der Waals surface area (Å²) in [5, 5.41) is 9.86. The van der Waals surface area contributed by atoms with Gasteiger partial charge in [-0.3, -0.25) is 0 Å². The van der Waals surface area contributed by atoms with E-state index in [4.69, 9.17) is 0 Å². The van der Waals surface area contributed by atoms with Gasteiger partial charge in [-0.15, -0.1) is 0 Å². The standard InChI is InChI=1S/C13H28O/c1-6-7-8-9-12(14)10-13(4,5)11(2)3/h11-12,14H,6-10H2,1-5H3. The molecule has 1 nitrogen and oxygen atoms in total. The highest BCUT2D eigenvalue weighted by atomic mass is 16.3. The summed E-state index contributed by atoms with van der Waals surface area (Å²) >= 11 is 0. The van der Waals surface area contributed by atoms with E-state index in [1.807, 2.05) is 0 Å². The molecule has 0 saturated carbocycles. The molecule has 0 bridgehead atoms. The molecule has 1 unspecified atom stereocenters. The van der Waals surface area contributed by atoms with Crippen molar-refractivity contribution in [2.24, 2.45) is 11.3 Å². The highest BCUT2D eigenvalue weighted by molar-refractivity contribution is 4.76. The van der Waals surface area contributed by atoms with E-state index in [9.17, 15) is 5.11 Å². The molecule has 0 aliphatic carbocycles. The maximum absolute atomic E-state index is 9.86. The molecule has 1 atom stereocenters. The van der Waals surface area contributed by atoms with E-state index in [0.29, 0.717) is 5.92 Å². The number of aliphatic hydroxyl groups excluding tert-OH is 1. The monoisotopic (exact) mass is 200 g/mol. The topological polar surface area (TPSA) is 20.2 Å². The van der Waals surface area contributed by atoms with Crippen molar-refractivity contribution in [1.82, 2.24) is 0 Å². The van der Waals surface area contributed by atoms with Gasteiger partial charge in [0.1, 0.15) is 0 Å². The first kappa shape index (κ1) is 14.0. The van der Waals surface area contributed by atoms with Gasteiger partial charge in [0, 0.05) is 0 Å². The van der Waals surface area contributed by atoms with Crippen LogP contribution in [0.25, 0.3) is 0 Å². The van der Waals surface area contributed by atoms with E-state index >= 15 is 0 Å². The van der Waals surface area contributed by atoms with E-state index in [-0.39, 0.29) is 11.5 Å². The second kappa shape index (κ2) is 6.44. The molecule has 0 spiro atoms. The van der Waals surface area contributed by atoms with Gasteiger partial charge in [0.05, 0.1) is 6.10 Å². The Morgan fingerprint density at radius 3 is 2.14 bits per heavy atom. The Labute approximate surface area is 89.9 Å². The minimum absolute atomic E-state index is 0.0982. The predicted molar refractivity (Wildman–Crippen MR) is 63.4 cm³/mol. The third-order valence-electron chi connectivity index (χ3n) is 3.47. The first-order chi connectivity index (χ1) is 6.40. The SMILES string of the molecule is CCCCCC(O)CC(C)(C)C(C)C. The molecule has 0 aliphatic rings. The molecule has 1 N–H and O–H groups in total. The maximum Gasteiger partial charge on any atom is 0.0545 e. The van der Waals surface area contributed by atoms with Crippen LogP contribution in [-0.2, 0) is 0 Å². The Morgan fingerprint density at radius 1 is 1.14 bits per heavy atom. The van der Waals surface area contributed by atoms with Crippen LogP contribution in [0.1, 0.15) is 66.7 Å². The van der Waals surface area contributed by atoms with Crippen LogP contribution >= 0.6 is 0 Å². The van der Waals surface area contributed by atoms with Gasteiger partial charge in [-0.05, 0) is 24.2 Å². The molecule has 14 heavy (non-hydrogen) atoms. The van der Waals surface area contributed by atoms with E-state index in [1.165, 1.54) is 19.3 Å². The molecule has 0 radical (unpaired) electrons. The van der Waals surface area contributed by atoms with Gasteiger partial charge in [-0.1, -0.05) is 53.9 Å². The molecule has 0 aromatic carbocycles. The van der Waals surface area contributed by atoms with E-state index in [0.717, 1.165) is 12.8 Å². The highest BCUT2D eigenvalue weighted by Gasteiger charge is 2.25. The summed E-state index contributed by atoms with van der Waals surface area (Å²) < 4.78 is 0. The zero-order valence-electron chi connectivity index (χ0n) is 10.6. The Balaban J connectivity index is 3.75. The number of hydrogen-bond acceptors (Lipinski definition) is 1. The predicted octanol–water partition coefficient (Wildman–Crippen LogP) is 4.00. The molecular formula is C13H28O. The molecule has 0 fully saturated rings. The van der Waals surface area contributed by atoms with Gasteiger partial charge in [0.25, 0.3) is 0 Å². The molecule has 86 valence electrons. The van der Waals surface area contributed by atoms with E-state index < -0.39 is 0 Å². The van der Waals surface area contributed by atoms with Crippen LogP contribution in [0.4, 0.5) is 0 Å². The lowest BCUT2D eigenvalue weighted by Gasteiger charge is -2.31. The fourth-order valence-corrected chi connectivity index (χ4v) is 1.58. The summed E-state index contributed by atoms with van der Waals surface area (Å²) in [5.41, 5.74) is 0.269. The number of rotatable bonds is 7. The van der Waals surface area contributed by atoms with Crippen molar-refractivity contribution in [3.05, 3.63) is 0 Å². The van der Waals surface area contributed by atoms with Gasteiger partial charge < -0.3 is 5.11 Å². The lowest BCUT2D eigenvalue weighted by atomic mass is 9.76. The smallest absolute Gasteiger partial charge is 0.0545 e. The van der Waals surface area contributed by atoms with Crippen molar-refractivity contribution in [1.29, 1.82) is 0 Å². The Hall–Kier alpha value is -0.0400. The van der Waals surface area contributed by atoms with Gasteiger partial charge >= 0.3 is 0 Å². The van der Waals surface area contributed by atoms with Crippen LogP contribution < -0.4 is 0 Å². The van der Waals surface area contributed by atoms with Gasteiger partial charge in [0.15, 0.2) is 0 Å². The fourth-order valence-electron chi connectivity index (χ4n) is 1.58. The molecule has 0 heterocycles. The van der Waals surface area contributed by atoms with Gasteiger partial charge in [-0.25, -0.2) is 0 Å². The number of unbranched alkanes of at least 4 members (excludes halogenated alkanes) is 2. The average molecular weight is 200 g/mol. The van der Waals surface area contributed by atoms with Crippen LogP contribution in [0.15, 0.2) is 0 Å². The van der Waals surface area contributed by atoms with Crippen molar-refractivity contribution in [2.45, 2.75) is 72.8 Å². The van der Waals surface area contributed by atoms with Crippen LogP contribution in [0.2, 0.25) is 0 Å². The number of aliphatic hydroxyl groups is 1. The third-order valence-corrected chi connectivity index (χ3v) is 3.47. The first-order valence-electron chi connectivity index (χ1n) is 6.08. The largest absolute Gasteiger partial charge is 0.393 e. The van der Waals surface area contributed by atoms with Gasteiger partial charge in [-0.2, -0.15) is 0 Å². The molecule has 0 saturated heterocycles. The van der Waals surface area contributed by atoms with Crippen LogP contribution in [0.5, 0.6) is 0 Å². The lowest BCUT2D eigenvalue weighted by molar-refractivity contribution is 0.0807. The molecule has 0 rings (SSSR count). The molecule has 0 aromatic heterocycles. The second-order valence-electron chi connectivity index (χ2n) is 5.50. The van der Waals surface area contributed by atoms with Crippen LogP contribution in [-0.4, -0.2) is 11.2 Å². The molecule has 0 aromatic rings. The third kappa shape index (κ3) is 5.64. The summed E-state index contributed by atoms with van der Waals surface area (Å²) in [6, 6.07) is 0. The summed E-state index contributed by atoms with van der Waals surface area (Å²) in [6.45, 7) is 11.2. The minimum atomic E-state index is -0.0982. The normalized spacial score (nSPS) is 14.8.